The normalized spacial score (nSPS) is 13.2. The molecule has 0 saturated carbocycles. The van der Waals surface area contributed by atoms with E-state index in [1.807, 2.05) is 12.4 Å². The van der Waals surface area contributed by atoms with Crippen LogP contribution in [0.2, 0.25) is 0 Å². The molecule has 9 aromatic rings. The number of fused-ring (bicyclic) bond motifs is 7. The first-order valence-corrected chi connectivity index (χ1v) is 17.4. The number of para-hydroxylation sites is 2. The zero-order valence-corrected chi connectivity index (χ0v) is 28.1. The summed E-state index contributed by atoms with van der Waals surface area (Å²) in [4.78, 5) is 4.31. The molecule has 0 amide bonds. The maximum atomic E-state index is 4.31. The molecule has 0 unspecified atom stereocenters. The van der Waals surface area contributed by atoms with Gasteiger partial charge in [0.2, 0.25) is 0 Å². The molecule has 2 nitrogen and oxygen atoms in total. The summed E-state index contributed by atoms with van der Waals surface area (Å²) >= 11 is 0. The van der Waals surface area contributed by atoms with E-state index in [2.05, 4.69) is 181 Å². The fourth-order valence-electron chi connectivity index (χ4n) is 8.24. The molecule has 7 aromatic carbocycles. The monoisotopic (exact) mass is 638 g/mol. The maximum Gasteiger partial charge on any atom is 0.0541 e. The molecule has 2 heteroatoms. The molecule has 0 fully saturated rings. The Morgan fingerprint density at radius 1 is 0.440 bits per heavy atom. The molecule has 0 N–H and O–H groups in total. The smallest absolute Gasteiger partial charge is 0.0541 e. The van der Waals surface area contributed by atoms with Crippen molar-refractivity contribution < 1.29 is 0 Å². The molecule has 2 aromatic heterocycles. The summed E-state index contributed by atoms with van der Waals surface area (Å²) in [6.07, 6.45) is 3.78. The van der Waals surface area contributed by atoms with Crippen LogP contribution in [-0.4, -0.2) is 9.55 Å². The van der Waals surface area contributed by atoms with Crippen LogP contribution in [0.1, 0.15) is 25.0 Å². The van der Waals surface area contributed by atoms with Gasteiger partial charge in [-0.2, -0.15) is 0 Å². The first kappa shape index (κ1) is 28.7. The molecule has 0 saturated heterocycles. The second-order valence-electron chi connectivity index (χ2n) is 14.1. The van der Waals surface area contributed by atoms with Gasteiger partial charge in [0.1, 0.15) is 0 Å². The highest BCUT2D eigenvalue weighted by Gasteiger charge is 2.36. The first-order valence-electron chi connectivity index (χ1n) is 17.4. The van der Waals surface area contributed by atoms with Crippen molar-refractivity contribution in [3.8, 4) is 50.2 Å². The second-order valence-corrected chi connectivity index (χ2v) is 14.1. The molecule has 0 spiro atoms. The highest BCUT2D eigenvalue weighted by molar-refractivity contribution is 6.09. The van der Waals surface area contributed by atoms with Crippen molar-refractivity contribution in [3.05, 3.63) is 181 Å². The predicted octanol–water partition coefficient (Wildman–Crippen LogP) is 12.6. The van der Waals surface area contributed by atoms with E-state index in [9.17, 15) is 0 Å². The third-order valence-electron chi connectivity index (χ3n) is 10.9. The molecule has 1 aliphatic carbocycles. The van der Waals surface area contributed by atoms with Crippen LogP contribution in [0.4, 0.5) is 0 Å². The van der Waals surface area contributed by atoms with E-state index in [-0.39, 0.29) is 5.41 Å². The quantitative estimate of drug-likeness (QED) is 0.188. The minimum absolute atomic E-state index is 0.125. The van der Waals surface area contributed by atoms with Crippen LogP contribution in [0.25, 0.3) is 82.8 Å². The highest BCUT2D eigenvalue weighted by atomic mass is 15.0. The number of rotatable bonds is 4. The van der Waals surface area contributed by atoms with E-state index < -0.39 is 0 Å². The Morgan fingerprint density at radius 3 is 1.64 bits per heavy atom. The van der Waals surface area contributed by atoms with Crippen LogP contribution in [0.3, 0.4) is 0 Å². The molecule has 0 atom stereocenters. The van der Waals surface area contributed by atoms with Crippen LogP contribution >= 0.6 is 0 Å². The van der Waals surface area contributed by atoms with E-state index >= 15 is 0 Å². The van der Waals surface area contributed by atoms with Crippen LogP contribution in [0, 0.1) is 0 Å². The van der Waals surface area contributed by atoms with Gasteiger partial charge in [-0.1, -0.05) is 123 Å². The van der Waals surface area contributed by atoms with Gasteiger partial charge in [0.15, 0.2) is 0 Å². The Labute approximate surface area is 291 Å². The van der Waals surface area contributed by atoms with Gasteiger partial charge >= 0.3 is 0 Å². The van der Waals surface area contributed by atoms with Crippen LogP contribution in [0.15, 0.2) is 170 Å². The molecule has 50 heavy (non-hydrogen) atoms. The Morgan fingerprint density at radius 2 is 0.980 bits per heavy atom. The molecule has 10 rings (SSSR count). The van der Waals surface area contributed by atoms with Crippen LogP contribution < -0.4 is 0 Å². The molecule has 0 bridgehead atoms. The molecule has 0 aliphatic heterocycles. The van der Waals surface area contributed by atoms with Crippen molar-refractivity contribution in [1.29, 1.82) is 0 Å². The van der Waals surface area contributed by atoms with E-state index in [0.717, 1.165) is 5.39 Å². The number of pyridine rings is 1. The third-order valence-corrected chi connectivity index (χ3v) is 10.9. The zero-order chi connectivity index (χ0) is 33.4. The first-order chi connectivity index (χ1) is 24.5. The number of benzene rings is 7. The van der Waals surface area contributed by atoms with E-state index in [0.29, 0.717) is 0 Å². The lowest BCUT2D eigenvalue weighted by Crippen LogP contribution is -2.15. The summed E-state index contributed by atoms with van der Waals surface area (Å²) in [6.45, 7) is 4.74. The van der Waals surface area contributed by atoms with Crippen LogP contribution in [0.5, 0.6) is 0 Å². The minimum atomic E-state index is -0.125. The highest BCUT2D eigenvalue weighted by Crippen LogP contribution is 2.51. The van der Waals surface area contributed by atoms with Gasteiger partial charge < -0.3 is 4.57 Å². The lowest BCUT2D eigenvalue weighted by Gasteiger charge is -2.23. The lowest BCUT2D eigenvalue weighted by atomic mass is 9.81. The SMILES string of the molecule is CC1(C)c2cc(-c3ccc(-c4ccc5ccncc5c4)cc3)ccc2-c2ccc(-c3cccc(-n4c5ccccc5c5ccccc54)c3)cc21. The second kappa shape index (κ2) is 10.9. The standard InChI is InChI=1S/C48H34N2/c1-48(2)44-28-36(32-16-14-31(15-17-32)35-19-18-33-24-25-49-30-38(33)26-35)20-22-40(44)41-23-21-37(29-45(41)48)34-8-7-9-39(27-34)50-46-12-5-3-10-42(46)43-11-4-6-13-47(43)50/h3-30H,1-2H3. The molecule has 1 aliphatic rings. The van der Waals surface area contributed by atoms with E-state index in [1.165, 1.54) is 88.5 Å². The van der Waals surface area contributed by atoms with Crippen molar-refractivity contribution in [1.82, 2.24) is 9.55 Å². The summed E-state index contributed by atoms with van der Waals surface area (Å²) in [5, 5.41) is 4.93. The van der Waals surface area contributed by atoms with Gasteiger partial charge in [0.25, 0.3) is 0 Å². The largest absolute Gasteiger partial charge is 0.309 e. The molecule has 2 heterocycles. The van der Waals surface area contributed by atoms with Crippen LogP contribution in [-0.2, 0) is 5.41 Å². The molecular weight excluding hydrogens is 605 g/mol. The average Bonchev–Trinajstić information content (AvgIpc) is 3.63. The Bertz CT molecular complexity index is 2730. The summed E-state index contributed by atoms with van der Waals surface area (Å²) in [5.74, 6) is 0. The maximum absolute atomic E-state index is 4.31. The predicted molar refractivity (Wildman–Crippen MR) is 210 cm³/mol. The fraction of sp³-hybridized carbons (Fsp3) is 0.0625. The molecule has 236 valence electrons. The number of nitrogens with zero attached hydrogens (tertiary/aromatic N) is 2. The van der Waals surface area contributed by atoms with Crippen molar-refractivity contribution in [3.63, 3.8) is 0 Å². The summed E-state index contributed by atoms with van der Waals surface area (Å²) in [6, 6.07) is 58.1. The average molecular weight is 639 g/mol. The summed E-state index contributed by atoms with van der Waals surface area (Å²) in [7, 11) is 0. The Kier molecular flexibility index (Phi) is 6.25. The van der Waals surface area contributed by atoms with Gasteiger partial charge in [0, 0.05) is 39.7 Å². The zero-order valence-electron chi connectivity index (χ0n) is 28.1. The Balaban J connectivity index is 0.990. The number of aromatic nitrogens is 2. The van der Waals surface area contributed by atoms with Gasteiger partial charge in [-0.3, -0.25) is 4.98 Å². The van der Waals surface area contributed by atoms with Gasteiger partial charge in [-0.15, -0.1) is 0 Å². The number of hydrogen-bond donors (Lipinski definition) is 0. The van der Waals surface area contributed by atoms with Crippen molar-refractivity contribution in [2.75, 3.05) is 0 Å². The number of hydrogen-bond acceptors (Lipinski definition) is 1. The summed E-state index contributed by atoms with van der Waals surface area (Å²) in [5.41, 5.74) is 16.3. The molecule has 0 radical (unpaired) electrons. The van der Waals surface area contributed by atoms with E-state index in [1.54, 1.807) is 0 Å². The van der Waals surface area contributed by atoms with Gasteiger partial charge in [-0.05, 0) is 110 Å². The van der Waals surface area contributed by atoms with Crippen molar-refractivity contribution in [2.24, 2.45) is 0 Å². The van der Waals surface area contributed by atoms with Crippen molar-refractivity contribution >= 4 is 32.6 Å². The fourth-order valence-corrected chi connectivity index (χ4v) is 8.24. The summed E-state index contributed by atoms with van der Waals surface area (Å²) < 4.78 is 2.40. The van der Waals surface area contributed by atoms with Crippen molar-refractivity contribution in [2.45, 2.75) is 19.3 Å². The lowest BCUT2D eigenvalue weighted by molar-refractivity contribution is 0.661. The Hall–Kier alpha value is -6.25. The van der Waals surface area contributed by atoms with Gasteiger partial charge in [0.05, 0.1) is 11.0 Å². The van der Waals surface area contributed by atoms with E-state index in [4.69, 9.17) is 0 Å². The minimum Gasteiger partial charge on any atom is -0.309 e. The topological polar surface area (TPSA) is 17.8 Å². The molecular formula is C48H34N2. The van der Waals surface area contributed by atoms with Gasteiger partial charge in [-0.25, -0.2) is 0 Å². The third kappa shape index (κ3) is 4.38.